The van der Waals surface area contributed by atoms with E-state index in [-0.39, 0.29) is 0 Å². The van der Waals surface area contributed by atoms with Gasteiger partial charge in [0.1, 0.15) is 0 Å². The van der Waals surface area contributed by atoms with E-state index in [0.717, 1.165) is 5.92 Å². The summed E-state index contributed by atoms with van der Waals surface area (Å²) in [6.45, 7) is 9.01. The molecular formula is C17H25N3. The summed E-state index contributed by atoms with van der Waals surface area (Å²) in [5.74, 6) is 0.917. The van der Waals surface area contributed by atoms with E-state index in [9.17, 15) is 0 Å². The molecule has 3 aliphatic heterocycles. The van der Waals surface area contributed by atoms with Gasteiger partial charge < -0.3 is 15.1 Å². The fourth-order valence-electron chi connectivity index (χ4n) is 4.11. The molecule has 3 fully saturated rings. The monoisotopic (exact) mass is 271 g/mol. The van der Waals surface area contributed by atoms with Gasteiger partial charge in [-0.15, -0.1) is 0 Å². The highest BCUT2D eigenvalue weighted by Gasteiger charge is 2.47. The molecule has 0 unspecified atom stereocenters. The number of likely N-dealkylation sites (tertiary alicyclic amines) is 1. The van der Waals surface area contributed by atoms with Gasteiger partial charge in [-0.2, -0.15) is 0 Å². The number of benzene rings is 1. The summed E-state index contributed by atoms with van der Waals surface area (Å²) in [5, 5.41) is 3.42. The van der Waals surface area contributed by atoms with Gasteiger partial charge in [-0.3, -0.25) is 0 Å². The summed E-state index contributed by atoms with van der Waals surface area (Å²) >= 11 is 0. The molecule has 1 spiro atoms. The summed E-state index contributed by atoms with van der Waals surface area (Å²) in [4.78, 5) is 5.23. The molecule has 0 amide bonds. The van der Waals surface area contributed by atoms with E-state index in [0.29, 0.717) is 5.41 Å². The molecule has 0 aromatic heterocycles. The van der Waals surface area contributed by atoms with Crippen LogP contribution in [-0.4, -0.2) is 50.7 Å². The van der Waals surface area contributed by atoms with Crippen molar-refractivity contribution in [3.05, 3.63) is 30.3 Å². The molecule has 1 aromatic rings. The Kier molecular flexibility index (Phi) is 3.20. The van der Waals surface area contributed by atoms with E-state index in [2.05, 4.69) is 45.4 Å². The first-order valence-corrected chi connectivity index (χ1v) is 8.06. The lowest BCUT2D eigenvalue weighted by atomic mass is 9.74. The predicted octanol–water partition coefficient (Wildman–Crippen LogP) is 1.81. The van der Waals surface area contributed by atoms with Crippen LogP contribution in [0.3, 0.4) is 0 Å². The highest BCUT2D eigenvalue weighted by Crippen LogP contribution is 2.35. The molecule has 3 heteroatoms. The van der Waals surface area contributed by atoms with Crippen LogP contribution in [0, 0.1) is 11.3 Å². The summed E-state index contributed by atoms with van der Waals surface area (Å²) in [6.07, 6.45) is 2.72. The van der Waals surface area contributed by atoms with Crippen LogP contribution in [-0.2, 0) is 0 Å². The Morgan fingerprint density at radius 2 is 1.75 bits per heavy atom. The number of para-hydroxylation sites is 1. The van der Waals surface area contributed by atoms with Gasteiger partial charge in [-0.05, 0) is 30.9 Å². The van der Waals surface area contributed by atoms with Crippen LogP contribution in [0.1, 0.15) is 12.8 Å². The number of nitrogens with zero attached hydrogens (tertiary/aromatic N) is 2. The lowest BCUT2D eigenvalue weighted by Gasteiger charge is -2.57. The van der Waals surface area contributed by atoms with Crippen LogP contribution in [0.15, 0.2) is 30.3 Å². The molecule has 3 aliphatic rings. The molecule has 1 aromatic carbocycles. The Morgan fingerprint density at radius 1 is 1.05 bits per heavy atom. The zero-order valence-corrected chi connectivity index (χ0v) is 12.2. The van der Waals surface area contributed by atoms with Crippen LogP contribution in [0.2, 0.25) is 0 Å². The number of nitrogens with one attached hydrogen (secondary N) is 1. The molecule has 0 saturated carbocycles. The second kappa shape index (κ2) is 5.05. The molecule has 1 N–H and O–H groups in total. The van der Waals surface area contributed by atoms with Gasteiger partial charge in [-0.1, -0.05) is 18.2 Å². The molecule has 3 saturated heterocycles. The van der Waals surface area contributed by atoms with Gasteiger partial charge in [0.05, 0.1) is 0 Å². The fraction of sp³-hybridized carbons (Fsp3) is 0.647. The van der Waals surface area contributed by atoms with Crippen molar-refractivity contribution in [3.63, 3.8) is 0 Å². The molecule has 3 heterocycles. The quantitative estimate of drug-likeness (QED) is 0.904. The molecule has 0 aliphatic carbocycles. The largest absolute Gasteiger partial charge is 0.372 e. The number of hydrogen-bond acceptors (Lipinski definition) is 3. The highest BCUT2D eigenvalue weighted by molar-refractivity contribution is 5.46. The minimum atomic E-state index is 0.685. The van der Waals surface area contributed by atoms with Crippen LogP contribution >= 0.6 is 0 Å². The highest BCUT2D eigenvalue weighted by atomic mass is 15.3. The third kappa shape index (κ3) is 2.33. The summed E-state index contributed by atoms with van der Waals surface area (Å²) < 4.78 is 0. The van der Waals surface area contributed by atoms with Crippen molar-refractivity contribution in [2.75, 3.05) is 50.7 Å². The van der Waals surface area contributed by atoms with E-state index in [4.69, 9.17) is 0 Å². The topological polar surface area (TPSA) is 18.5 Å². The summed E-state index contributed by atoms with van der Waals surface area (Å²) in [7, 11) is 0. The maximum atomic E-state index is 3.42. The molecule has 0 radical (unpaired) electrons. The average molecular weight is 271 g/mol. The average Bonchev–Trinajstić information content (AvgIpc) is 2.42. The zero-order chi connectivity index (χ0) is 13.4. The molecule has 0 atom stereocenters. The maximum absolute atomic E-state index is 3.42. The van der Waals surface area contributed by atoms with Gasteiger partial charge >= 0.3 is 0 Å². The Morgan fingerprint density at radius 3 is 2.35 bits per heavy atom. The maximum Gasteiger partial charge on any atom is 0.0366 e. The number of rotatable bonds is 3. The van der Waals surface area contributed by atoms with Gasteiger partial charge in [-0.25, -0.2) is 0 Å². The van der Waals surface area contributed by atoms with Crippen molar-refractivity contribution in [1.29, 1.82) is 0 Å². The van der Waals surface area contributed by atoms with Crippen molar-refractivity contribution >= 4 is 5.69 Å². The van der Waals surface area contributed by atoms with Crippen LogP contribution in [0.25, 0.3) is 0 Å². The Hall–Kier alpha value is -1.06. The SMILES string of the molecule is c1ccc(N2CCC(CN3CC4(CNC4)C3)CC2)cc1. The third-order valence-corrected chi connectivity index (χ3v) is 5.37. The van der Waals surface area contributed by atoms with Gasteiger partial charge in [0, 0.05) is 56.9 Å². The predicted molar refractivity (Wildman–Crippen MR) is 83.1 cm³/mol. The van der Waals surface area contributed by atoms with Crippen molar-refractivity contribution in [2.24, 2.45) is 11.3 Å². The number of piperidine rings is 1. The van der Waals surface area contributed by atoms with E-state index < -0.39 is 0 Å². The van der Waals surface area contributed by atoms with Gasteiger partial charge in [0.25, 0.3) is 0 Å². The normalized spacial score (nSPS) is 26.3. The molecule has 4 rings (SSSR count). The molecule has 108 valence electrons. The molecule has 20 heavy (non-hydrogen) atoms. The smallest absolute Gasteiger partial charge is 0.0366 e. The molecular weight excluding hydrogens is 246 g/mol. The van der Waals surface area contributed by atoms with Crippen LogP contribution in [0.4, 0.5) is 5.69 Å². The van der Waals surface area contributed by atoms with E-state index in [1.165, 1.54) is 64.3 Å². The van der Waals surface area contributed by atoms with Crippen LogP contribution < -0.4 is 10.2 Å². The minimum Gasteiger partial charge on any atom is -0.372 e. The van der Waals surface area contributed by atoms with Gasteiger partial charge in [0.15, 0.2) is 0 Å². The first-order valence-electron chi connectivity index (χ1n) is 8.06. The van der Waals surface area contributed by atoms with E-state index in [1.807, 2.05) is 0 Å². The first-order chi connectivity index (χ1) is 9.83. The molecule has 3 nitrogen and oxygen atoms in total. The van der Waals surface area contributed by atoms with Crippen molar-refractivity contribution in [3.8, 4) is 0 Å². The Labute approximate surface area is 121 Å². The Bertz CT molecular complexity index is 439. The molecule has 0 bridgehead atoms. The summed E-state index contributed by atoms with van der Waals surface area (Å²) in [6, 6.07) is 10.9. The standard InChI is InChI=1S/C17H25N3/c1-2-4-16(5-3-1)20-8-6-15(7-9-20)10-19-13-17(14-19)11-18-12-17/h1-5,15,18H,6-14H2. The zero-order valence-electron chi connectivity index (χ0n) is 12.2. The number of hydrogen-bond donors (Lipinski definition) is 1. The minimum absolute atomic E-state index is 0.685. The van der Waals surface area contributed by atoms with Crippen molar-refractivity contribution in [1.82, 2.24) is 10.2 Å². The Balaban J connectivity index is 1.24. The third-order valence-electron chi connectivity index (χ3n) is 5.37. The van der Waals surface area contributed by atoms with Crippen molar-refractivity contribution < 1.29 is 0 Å². The van der Waals surface area contributed by atoms with Crippen LogP contribution in [0.5, 0.6) is 0 Å². The second-order valence-corrected chi connectivity index (χ2v) is 7.04. The van der Waals surface area contributed by atoms with Gasteiger partial charge in [0.2, 0.25) is 0 Å². The fourth-order valence-corrected chi connectivity index (χ4v) is 4.11. The first kappa shape index (κ1) is 12.7. The lowest BCUT2D eigenvalue weighted by molar-refractivity contribution is -0.0485. The van der Waals surface area contributed by atoms with Crippen molar-refractivity contribution in [2.45, 2.75) is 12.8 Å². The summed E-state index contributed by atoms with van der Waals surface area (Å²) in [5.41, 5.74) is 2.08. The number of anilines is 1. The second-order valence-electron chi connectivity index (χ2n) is 7.04. The van der Waals surface area contributed by atoms with E-state index in [1.54, 1.807) is 0 Å². The lowest BCUT2D eigenvalue weighted by Crippen LogP contribution is -2.71. The van der Waals surface area contributed by atoms with E-state index >= 15 is 0 Å².